The van der Waals surface area contributed by atoms with Crippen LogP contribution in [0, 0.1) is 11.8 Å². The Balaban J connectivity index is 1.78. The highest BCUT2D eigenvalue weighted by Gasteiger charge is 2.53. The lowest BCUT2D eigenvalue weighted by Crippen LogP contribution is -2.31. The van der Waals surface area contributed by atoms with E-state index in [1.54, 1.807) is 0 Å². The van der Waals surface area contributed by atoms with Crippen molar-refractivity contribution in [1.82, 2.24) is 5.32 Å². The van der Waals surface area contributed by atoms with E-state index in [1.807, 2.05) is 0 Å². The van der Waals surface area contributed by atoms with E-state index in [9.17, 15) is 0 Å². The average Bonchev–Trinajstić information content (AvgIpc) is 3.21. The molecular formula is C18H27NO2. The standard InChI is InChI=1S/C18H27NO2/c1-4-14-10-18(14,12-19-11-13(2)3)15-5-6-16-17(9-15)21-8-7-20-16/h5-6,9,13-14,19H,4,7-8,10-12H2,1-3H3. The molecule has 3 heteroatoms. The predicted molar refractivity (Wildman–Crippen MR) is 85.2 cm³/mol. The fourth-order valence-corrected chi connectivity index (χ4v) is 3.52. The third-order valence-corrected chi connectivity index (χ3v) is 4.83. The summed E-state index contributed by atoms with van der Waals surface area (Å²) in [6.07, 6.45) is 2.53. The van der Waals surface area contributed by atoms with Crippen molar-refractivity contribution in [3.8, 4) is 11.5 Å². The fourth-order valence-electron chi connectivity index (χ4n) is 3.52. The van der Waals surface area contributed by atoms with Gasteiger partial charge in [0, 0.05) is 12.0 Å². The second kappa shape index (κ2) is 5.88. The number of hydrogen-bond acceptors (Lipinski definition) is 3. The summed E-state index contributed by atoms with van der Waals surface area (Å²) in [7, 11) is 0. The van der Waals surface area contributed by atoms with Crippen molar-refractivity contribution in [1.29, 1.82) is 0 Å². The third kappa shape index (κ3) is 2.89. The zero-order valence-electron chi connectivity index (χ0n) is 13.4. The first-order chi connectivity index (χ1) is 10.2. The molecule has 1 saturated carbocycles. The van der Waals surface area contributed by atoms with Gasteiger partial charge in [0.05, 0.1) is 0 Å². The van der Waals surface area contributed by atoms with Crippen molar-refractivity contribution in [3.05, 3.63) is 23.8 Å². The Bertz CT molecular complexity index is 500. The van der Waals surface area contributed by atoms with Crippen molar-refractivity contribution < 1.29 is 9.47 Å². The van der Waals surface area contributed by atoms with Crippen LogP contribution in [0.1, 0.15) is 39.2 Å². The van der Waals surface area contributed by atoms with E-state index in [0.29, 0.717) is 24.5 Å². The molecule has 0 aromatic heterocycles. The monoisotopic (exact) mass is 289 g/mol. The van der Waals surface area contributed by atoms with Gasteiger partial charge in [0.2, 0.25) is 0 Å². The normalized spacial score (nSPS) is 27.0. The Hall–Kier alpha value is -1.22. The molecule has 0 saturated heterocycles. The quantitative estimate of drug-likeness (QED) is 0.871. The molecule has 0 spiro atoms. The van der Waals surface area contributed by atoms with E-state index in [1.165, 1.54) is 18.4 Å². The molecule has 0 amide bonds. The molecule has 116 valence electrons. The average molecular weight is 289 g/mol. The summed E-state index contributed by atoms with van der Waals surface area (Å²) in [5.74, 6) is 3.30. The van der Waals surface area contributed by atoms with Crippen molar-refractivity contribution in [2.75, 3.05) is 26.3 Å². The second-order valence-electron chi connectivity index (χ2n) is 6.85. The van der Waals surface area contributed by atoms with Crippen LogP contribution in [0.15, 0.2) is 18.2 Å². The molecule has 2 unspecified atom stereocenters. The largest absolute Gasteiger partial charge is 0.486 e. The first-order valence-corrected chi connectivity index (χ1v) is 8.26. The number of benzene rings is 1. The molecule has 1 fully saturated rings. The maximum atomic E-state index is 5.75. The maximum absolute atomic E-state index is 5.75. The molecule has 0 bridgehead atoms. The van der Waals surface area contributed by atoms with E-state index in [0.717, 1.165) is 30.5 Å². The van der Waals surface area contributed by atoms with Crippen molar-refractivity contribution in [2.45, 2.75) is 39.0 Å². The highest BCUT2D eigenvalue weighted by molar-refractivity contribution is 5.48. The van der Waals surface area contributed by atoms with Gasteiger partial charge in [-0.2, -0.15) is 0 Å². The van der Waals surface area contributed by atoms with Gasteiger partial charge < -0.3 is 14.8 Å². The second-order valence-corrected chi connectivity index (χ2v) is 6.85. The first-order valence-electron chi connectivity index (χ1n) is 8.26. The summed E-state index contributed by atoms with van der Waals surface area (Å²) in [4.78, 5) is 0. The van der Waals surface area contributed by atoms with Crippen LogP contribution in [-0.2, 0) is 5.41 Å². The van der Waals surface area contributed by atoms with Crippen LogP contribution in [0.2, 0.25) is 0 Å². The molecule has 1 heterocycles. The Kier molecular flexibility index (Phi) is 4.12. The number of nitrogens with one attached hydrogen (secondary N) is 1. The smallest absolute Gasteiger partial charge is 0.161 e. The lowest BCUT2D eigenvalue weighted by atomic mass is 9.91. The van der Waals surface area contributed by atoms with E-state index in [-0.39, 0.29) is 0 Å². The van der Waals surface area contributed by atoms with Gasteiger partial charge in [-0.25, -0.2) is 0 Å². The molecule has 0 radical (unpaired) electrons. The highest BCUT2D eigenvalue weighted by atomic mass is 16.6. The summed E-state index contributed by atoms with van der Waals surface area (Å²) in [5, 5.41) is 3.66. The molecule has 1 aliphatic heterocycles. The van der Waals surface area contributed by atoms with E-state index < -0.39 is 0 Å². The lowest BCUT2D eigenvalue weighted by Gasteiger charge is -2.23. The number of ether oxygens (including phenoxy) is 2. The van der Waals surface area contributed by atoms with Crippen molar-refractivity contribution >= 4 is 0 Å². The molecule has 2 aliphatic rings. The summed E-state index contributed by atoms with van der Waals surface area (Å²) in [6.45, 7) is 10.3. The SMILES string of the molecule is CCC1CC1(CNCC(C)C)c1ccc2c(c1)OCCO2. The molecule has 1 aliphatic carbocycles. The molecule has 2 atom stereocenters. The molecule has 3 rings (SSSR count). The molecule has 21 heavy (non-hydrogen) atoms. The van der Waals surface area contributed by atoms with Crippen LogP contribution < -0.4 is 14.8 Å². The van der Waals surface area contributed by atoms with Gasteiger partial charge in [-0.3, -0.25) is 0 Å². The summed E-state index contributed by atoms with van der Waals surface area (Å²) in [6, 6.07) is 6.53. The van der Waals surface area contributed by atoms with Gasteiger partial charge in [-0.15, -0.1) is 0 Å². The van der Waals surface area contributed by atoms with Crippen LogP contribution in [0.25, 0.3) is 0 Å². The van der Waals surface area contributed by atoms with Gasteiger partial charge in [0.15, 0.2) is 11.5 Å². The topological polar surface area (TPSA) is 30.5 Å². The van der Waals surface area contributed by atoms with Crippen LogP contribution in [0.5, 0.6) is 11.5 Å². The predicted octanol–water partition coefficient (Wildman–Crippen LogP) is 3.37. The lowest BCUT2D eigenvalue weighted by molar-refractivity contribution is 0.171. The molecule has 1 aromatic rings. The van der Waals surface area contributed by atoms with Crippen molar-refractivity contribution in [2.24, 2.45) is 11.8 Å². The number of hydrogen-bond donors (Lipinski definition) is 1. The van der Waals surface area contributed by atoms with Crippen LogP contribution in [-0.4, -0.2) is 26.3 Å². The van der Waals surface area contributed by atoms with E-state index >= 15 is 0 Å². The van der Waals surface area contributed by atoms with Crippen molar-refractivity contribution in [3.63, 3.8) is 0 Å². The van der Waals surface area contributed by atoms with Crippen LogP contribution >= 0.6 is 0 Å². The Labute approximate surface area is 128 Å². The minimum atomic E-state index is 0.305. The maximum Gasteiger partial charge on any atom is 0.161 e. The molecule has 1 N–H and O–H groups in total. The number of rotatable bonds is 6. The van der Waals surface area contributed by atoms with Gasteiger partial charge in [-0.05, 0) is 42.5 Å². The fraction of sp³-hybridized carbons (Fsp3) is 0.667. The first kappa shape index (κ1) is 14.7. The summed E-state index contributed by atoms with van der Waals surface area (Å²) < 4.78 is 11.4. The van der Waals surface area contributed by atoms with Crippen LogP contribution in [0.4, 0.5) is 0 Å². The Morgan fingerprint density at radius 1 is 1.24 bits per heavy atom. The van der Waals surface area contributed by atoms with Gasteiger partial charge in [0.25, 0.3) is 0 Å². The summed E-state index contributed by atoms with van der Waals surface area (Å²) >= 11 is 0. The van der Waals surface area contributed by atoms with E-state index in [4.69, 9.17) is 9.47 Å². The highest BCUT2D eigenvalue weighted by Crippen LogP contribution is 2.56. The van der Waals surface area contributed by atoms with Crippen LogP contribution in [0.3, 0.4) is 0 Å². The zero-order chi connectivity index (χ0) is 14.9. The Morgan fingerprint density at radius 2 is 2.00 bits per heavy atom. The number of fused-ring (bicyclic) bond motifs is 1. The minimum Gasteiger partial charge on any atom is -0.486 e. The molecule has 1 aromatic carbocycles. The summed E-state index contributed by atoms with van der Waals surface area (Å²) in [5.41, 5.74) is 1.72. The Morgan fingerprint density at radius 3 is 2.67 bits per heavy atom. The molecule has 3 nitrogen and oxygen atoms in total. The minimum absolute atomic E-state index is 0.305. The van der Waals surface area contributed by atoms with Gasteiger partial charge in [-0.1, -0.05) is 33.3 Å². The van der Waals surface area contributed by atoms with E-state index in [2.05, 4.69) is 44.3 Å². The molecular weight excluding hydrogens is 262 g/mol. The zero-order valence-corrected chi connectivity index (χ0v) is 13.4. The van der Waals surface area contributed by atoms with Gasteiger partial charge in [0.1, 0.15) is 13.2 Å². The van der Waals surface area contributed by atoms with Gasteiger partial charge >= 0.3 is 0 Å². The third-order valence-electron chi connectivity index (χ3n) is 4.83.